The molecule has 1 unspecified atom stereocenters. The first kappa shape index (κ1) is 17.9. The fourth-order valence-corrected chi connectivity index (χ4v) is 5.27. The average Bonchev–Trinajstić information content (AvgIpc) is 3.26. The number of hydrogen-bond donors (Lipinski definition) is 0. The van der Waals surface area contributed by atoms with Crippen LogP contribution in [0.1, 0.15) is 30.5 Å². The number of aryl methyl sites for hydroxylation is 2. The molecule has 2 aromatic heterocycles. The SMILES string of the molecule is Cc1nc(S(=O)(=O)N2CCCC2c2nc3ccccc3c(=O)n2C)cn1C. The normalized spacial score (nSPS) is 18.4. The average molecular weight is 387 g/mol. The number of nitrogens with zero attached hydrogens (tertiary/aromatic N) is 5. The maximum absolute atomic E-state index is 13.2. The van der Waals surface area contributed by atoms with Gasteiger partial charge in [0.1, 0.15) is 11.6 Å². The molecule has 0 amide bonds. The first-order chi connectivity index (χ1) is 12.8. The summed E-state index contributed by atoms with van der Waals surface area (Å²) in [5, 5.41) is 0.552. The first-order valence-electron chi connectivity index (χ1n) is 8.78. The summed E-state index contributed by atoms with van der Waals surface area (Å²) in [6.07, 6.45) is 2.84. The molecule has 1 aliphatic rings. The van der Waals surface area contributed by atoms with E-state index in [-0.39, 0.29) is 10.6 Å². The van der Waals surface area contributed by atoms with Crippen LogP contribution in [0.15, 0.2) is 40.3 Å². The Balaban J connectivity index is 1.83. The fraction of sp³-hybridized carbons (Fsp3) is 0.389. The predicted octanol–water partition coefficient (Wildman–Crippen LogP) is 1.50. The first-order valence-corrected chi connectivity index (χ1v) is 10.2. The minimum atomic E-state index is -3.77. The lowest BCUT2D eigenvalue weighted by Gasteiger charge is -2.24. The van der Waals surface area contributed by atoms with E-state index in [0.717, 1.165) is 0 Å². The highest BCUT2D eigenvalue weighted by Crippen LogP contribution is 2.35. The van der Waals surface area contributed by atoms with Gasteiger partial charge >= 0.3 is 0 Å². The molecule has 0 radical (unpaired) electrons. The number of sulfonamides is 1. The molecule has 4 rings (SSSR count). The Hall–Kier alpha value is -2.52. The van der Waals surface area contributed by atoms with E-state index in [4.69, 9.17) is 0 Å². The molecule has 0 aliphatic carbocycles. The van der Waals surface area contributed by atoms with Crippen LogP contribution in [-0.4, -0.2) is 38.4 Å². The molecule has 1 fully saturated rings. The van der Waals surface area contributed by atoms with Crippen LogP contribution in [0.25, 0.3) is 10.9 Å². The van der Waals surface area contributed by atoms with Crippen molar-refractivity contribution in [3.63, 3.8) is 0 Å². The molecular formula is C18H21N5O3S. The van der Waals surface area contributed by atoms with Crippen LogP contribution in [-0.2, 0) is 24.1 Å². The van der Waals surface area contributed by atoms with Crippen molar-refractivity contribution in [2.75, 3.05) is 6.54 Å². The van der Waals surface area contributed by atoms with Crippen molar-refractivity contribution < 1.29 is 8.42 Å². The van der Waals surface area contributed by atoms with E-state index in [0.29, 0.717) is 41.9 Å². The summed E-state index contributed by atoms with van der Waals surface area (Å²) < 4.78 is 30.9. The zero-order chi connectivity index (χ0) is 19.3. The van der Waals surface area contributed by atoms with Crippen LogP contribution in [0, 0.1) is 6.92 Å². The summed E-state index contributed by atoms with van der Waals surface area (Å²) in [5.74, 6) is 1.09. The van der Waals surface area contributed by atoms with Crippen molar-refractivity contribution in [3.05, 3.63) is 52.5 Å². The van der Waals surface area contributed by atoms with Crippen LogP contribution in [0.3, 0.4) is 0 Å². The monoisotopic (exact) mass is 387 g/mol. The summed E-state index contributed by atoms with van der Waals surface area (Å²) >= 11 is 0. The number of imidazole rings is 1. The van der Waals surface area contributed by atoms with Gasteiger partial charge in [0.15, 0.2) is 5.03 Å². The van der Waals surface area contributed by atoms with Crippen molar-refractivity contribution in [1.82, 2.24) is 23.4 Å². The molecule has 0 bridgehead atoms. The minimum absolute atomic E-state index is 0.0280. The molecule has 3 heterocycles. The number of benzene rings is 1. The smallest absolute Gasteiger partial charge is 0.262 e. The topological polar surface area (TPSA) is 90.1 Å². The largest absolute Gasteiger partial charge is 0.337 e. The van der Waals surface area contributed by atoms with Gasteiger partial charge in [-0.1, -0.05) is 12.1 Å². The van der Waals surface area contributed by atoms with Gasteiger partial charge in [-0.3, -0.25) is 9.36 Å². The second-order valence-electron chi connectivity index (χ2n) is 6.86. The van der Waals surface area contributed by atoms with Gasteiger partial charge < -0.3 is 4.57 Å². The fourth-order valence-electron chi connectivity index (χ4n) is 3.59. The van der Waals surface area contributed by atoms with Crippen molar-refractivity contribution in [2.24, 2.45) is 14.1 Å². The second kappa shape index (κ2) is 6.28. The van der Waals surface area contributed by atoms with Crippen LogP contribution >= 0.6 is 0 Å². The van der Waals surface area contributed by atoms with E-state index >= 15 is 0 Å². The number of hydrogen-bond acceptors (Lipinski definition) is 5. The summed E-state index contributed by atoms with van der Waals surface area (Å²) in [7, 11) is -0.369. The van der Waals surface area contributed by atoms with Crippen LogP contribution in [0.5, 0.6) is 0 Å². The highest BCUT2D eigenvalue weighted by molar-refractivity contribution is 7.89. The van der Waals surface area contributed by atoms with Crippen molar-refractivity contribution >= 4 is 20.9 Å². The van der Waals surface area contributed by atoms with E-state index in [2.05, 4.69) is 9.97 Å². The lowest BCUT2D eigenvalue weighted by Crippen LogP contribution is -2.35. The van der Waals surface area contributed by atoms with Gasteiger partial charge in [0.05, 0.1) is 16.9 Å². The molecule has 0 spiro atoms. The molecule has 8 nitrogen and oxygen atoms in total. The molecule has 0 N–H and O–H groups in total. The molecule has 1 aliphatic heterocycles. The van der Waals surface area contributed by atoms with Crippen LogP contribution in [0.2, 0.25) is 0 Å². The summed E-state index contributed by atoms with van der Waals surface area (Å²) in [5.41, 5.74) is 0.405. The summed E-state index contributed by atoms with van der Waals surface area (Å²) in [4.78, 5) is 21.5. The van der Waals surface area contributed by atoms with Gasteiger partial charge in [-0.05, 0) is 31.9 Å². The Bertz CT molecular complexity index is 1180. The Morgan fingerprint density at radius 3 is 2.59 bits per heavy atom. The molecule has 1 aromatic carbocycles. The summed E-state index contributed by atoms with van der Waals surface area (Å²) in [6.45, 7) is 2.14. The Kier molecular flexibility index (Phi) is 4.15. The molecule has 27 heavy (non-hydrogen) atoms. The summed E-state index contributed by atoms with van der Waals surface area (Å²) in [6, 6.07) is 6.63. The number of rotatable bonds is 3. The van der Waals surface area contributed by atoms with Gasteiger partial charge in [0.25, 0.3) is 15.6 Å². The Labute approximate surface area is 157 Å². The molecule has 1 saturated heterocycles. The van der Waals surface area contributed by atoms with Crippen molar-refractivity contribution in [3.8, 4) is 0 Å². The molecule has 0 saturated carbocycles. The van der Waals surface area contributed by atoms with Gasteiger partial charge in [0, 0.05) is 26.8 Å². The lowest BCUT2D eigenvalue weighted by molar-refractivity contribution is 0.372. The molecule has 3 aromatic rings. The maximum Gasteiger partial charge on any atom is 0.262 e. The second-order valence-corrected chi connectivity index (χ2v) is 8.70. The van der Waals surface area contributed by atoms with Gasteiger partial charge in [-0.15, -0.1) is 0 Å². The lowest BCUT2D eigenvalue weighted by atomic mass is 10.2. The van der Waals surface area contributed by atoms with E-state index in [1.807, 2.05) is 6.07 Å². The van der Waals surface area contributed by atoms with Gasteiger partial charge in [-0.2, -0.15) is 4.31 Å². The Morgan fingerprint density at radius 2 is 1.89 bits per heavy atom. The predicted molar refractivity (Wildman–Crippen MR) is 101 cm³/mol. The van der Waals surface area contributed by atoms with Crippen LogP contribution < -0.4 is 5.56 Å². The Morgan fingerprint density at radius 1 is 1.15 bits per heavy atom. The number of aromatic nitrogens is 4. The third-order valence-corrected chi connectivity index (χ3v) is 6.96. The number of fused-ring (bicyclic) bond motifs is 1. The van der Waals surface area contributed by atoms with Crippen molar-refractivity contribution in [2.45, 2.75) is 30.8 Å². The molecular weight excluding hydrogens is 366 g/mol. The van der Waals surface area contributed by atoms with Gasteiger partial charge in [0.2, 0.25) is 0 Å². The molecule has 9 heteroatoms. The minimum Gasteiger partial charge on any atom is -0.337 e. The third-order valence-electron chi connectivity index (χ3n) is 5.18. The highest BCUT2D eigenvalue weighted by Gasteiger charge is 2.39. The maximum atomic E-state index is 13.2. The zero-order valence-electron chi connectivity index (χ0n) is 15.5. The third kappa shape index (κ3) is 2.78. The van der Waals surface area contributed by atoms with Crippen LogP contribution in [0.4, 0.5) is 0 Å². The van der Waals surface area contributed by atoms with Crippen molar-refractivity contribution in [1.29, 1.82) is 0 Å². The highest BCUT2D eigenvalue weighted by atomic mass is 32.2. The standard InChI is InChI=1S/C18H21N5O3S/c1-12-19-16(11-21(12)2)27(25,26)23-10-6-9-15(23)17-20-14-8-5-4-7-13(14)18(24)22(17)3/h4-5,7-8,11,15H,6,9-10H2,1-3H3. The van der Waals surface area contributed by atoms with E-state index < -0.39 is 16.1 Å². The molecule has 1 atom stereocenters. The van der Waals surface area contributed by atoms with E-state index in [1.54, 1.807) is 43.8 Å². The quantitative estimate of drug-likeness (QED) is 0.679. The van der Waals surface area contributed by atoms with E-state index in [1.165, 1.54) is 15.1 Å². The van der Waals surface area contributed by atoms with E-state index in [9.17, 15) is 13.2 Å². The number of para-hydroxylation sites is 1. The zero-order valence-corrected chi connectivity index (χ0v) is 16.3. The molecule has 142 valence electrons. The van der Waals surface area contributed by atoms with Gasteiger partial charge in [-0.25, -0.2) is 18.4 Å².